The summed E-state index contributed by atoms with van der Waals surface area (Å²) >= 11 is 0. The van der Waals surface area contributed by atoms with Gasteiger partial charge in [0.05, 0.1) is 0 Å². The van der Waals surface area contributed by atoms with Gasteiger partial charge in [-0.15, -0.1) is 0 Å². The van der Waals surface area contributed by atoms with Gasteiger partial charge in [-0.1, -0.05) is 36.8 Å². The Morgan fingerprint density at radius 1 is 1.00 bits per heavy atom. The lowest BCUT2D eigenvalue weighted by molar-refractivity contribution is 0.200. The monoisotopic (exact) mass is 269 g/mol. The summed E-state index contributed by atoms with van der Waals surface area (Å²) in [5.41, 5.74) is 1.54. The molecule has 4 unspecified atom stereocenters. The highest BCUT2D eigenvalue weighted by molar-refractivity contribution is 5.22. The van der Waals surface area contributed by atoms with E-state index >= 15 is 0 Å². The Bertz CT molecular complexity index is 448. The first-order valence-corrected chi connectivity index (χ1v) is 8.60. The molecule has 0 aliphatic heterocycles. The fourth-order valence-corrected chi connectivity index (χ4v) is 5.15. The Hall–Kier alpha value is -0.820. The van der Waals surface area contributed by atoms with Gasteiger partial charge < -0.3 is 5.32 Å². The molecule has 1 aromatic carbocycles. The van der Waals surface area contributed by atoms with Crippen molar-refractivity contribution < 1.29 is 0 Å². The van der Waals surface area contributed by atoms with Gasteiger partial charge in [-0.05, 0) is 68.3 Å². The molecule has 1 heteroatoms. The van der Waals surface area contributed by atoms with Crippen molar-refractivity contribution >= 4 is 0 Å². The molecule has 0 radical (unpaired) electrons. The van der Waals surface area contributed by atoms with Crippen LogP contribution in [0.25, 0.3) is 0 Å². The number of hydrogen-bond donors (Lipinski definition) is 1. The molecule has 0 amide bonds. The third-order valence-corrected chi connectivity index (χ3v) is 6.34. The van der Waals surface area contributed by atoms with Crippen LogP contribution in [0.15, 0.2) is 30.3 Å². The summed E-state index contributed by atoms with van der Waals surface area (Å²) in [6, 6.07) is 12.6. The van der Waals surface area contributed by atoms with Crippen LogP contribution in [0, 0.1) is 17.8 Å². The van der Waals surface area contributed by atoms with Crippen molar-refractivity contribution in [1.29, 1.82) is 0 Å². The molecule has 0 spiro atoms. The van der Waals surface area contributed by atoms with Crippen LogP contribution in [-0.4, -0.2) is 12.1 Å². The summed E-state index contributed by atoms with van der Waals surface area (Å²) in [6.07, 6.45) is 8.76. The molecule has 0 saturated heterocycles. The summed E-state index contributed by atoms with van der Waals surface area (Å²) < 4.78 is 0. The number of nitrogens with one attached hydrogen (secondary N) is 1. The molecule has 1 aromatic rings. The molecule has 3 fully saturated rings. The molecule has 1 N–H and O–H groups in total. The Balaban J connectivity index is 1.27. The number of rotatable bonds is 4. The quantitative estimate of drug-likeness (QED) is 0.857. The maximum absolute atomic E-state index is 3.94. The highest BCUT2D eigenvalue weighted by Gasteiger charge is 2.42. The molecule has 0 aromatic heterocycles. The maximum atomic E-state index is 3.94. The van der Waals surface area contributed by atoms with Crippen LogP contribution in [0.2, 0.25) is 0 Å². The SMILES string of the molecule is CC(NC1CC(c2ccccc2)C1)C1CC2CCC1C2. The highest BCUT2D eigenvalue weighted by atomic mass is 15.0. The van der Waals surface area contributed by atoms with Crippen molar-refractivity contribution in [2.24, 2.45) is 17.8 Å². The molecule has 0 heterocycles. The van der Waals surface area contributed by atoms with E-state index in [0.717, 1.165) is 35.8 Å². The fourth-order valence-electron chi connectivity index (χ4n) is 5.15. The maximum Gasteiger partial charge on any atom is 0.00813 e. The van der Waals surface area contributed by atoms with Gasteiger partial charge in [0.1, 0.15) is 0 Å². The highest BCUT2D eigenvalue weighted by Crippen LogP contribution is 2.50. The minimum Gasteiger partial charge on any atom is -0.311 e. The third-order valence-electron chi connectivity index (χ3n) is 6.34. The van der Waals surface area contributed by atoms with Gasteiger partial charge in [0.2, 0.25) is 0 Å². The van der Waals surface area contributed by atoms with Gasteiger partial charge in [-0.3, -0.25) is 0 Å². The van der Waals surface area contributed by atoms with E-state index < -0.39 is 0 Å². The Kier molecular flexibility index (Phi) is 3.34. The molecule has 1 nitrogen and oxygen atoms in total. The van der Waals surface area contributed by atoms with Crippen LogP contribution in [0.1, 0.15) is 56.9 Å². The number of hydrogen-bond acceptors (Lipinski definition) is 1. The van der Waals surface area contributed by atoms with Crippen LogP contribution in [0.4, 0.5) is 0 Å². The predicted molar refractivity (Wildman–Crippen MR) is 83.7 cm³/mol. The van der Waals surface area contributed by atoms with Crippen LogP contribution in [0.5, 0.6) is 0 Å². The van der Waals surface area contributed by atoms with Crippen molar-refractivity contribution in [2.45, 2.75) is 63.5 Å². The standard InChI is InChI=1S/C19H27N/c1-13(19-10-14-7-8-16(19)9-14)20-18-11-17(12-18)15-5-3-2-4-6-15/h2-6,13-14,16-20H,7-12H2,1H3. The van der Waals surface area contributed by atoms with E-state index in [4.69, 9.17) is 0 Å². The third kappa shape index (κ3) is 2.30. The number of benzene rings is 1. The zero-order valence-electron chi connectivity index (χ0n) is 12.6. The average Bonchev–Trinajstić information content (AvgIpc) is 3.05. The number of fused-ring (bicyclic) bond motifs is 2. The van der Waals surface area contributed by atoms with Gasteiger partial charge in [-0.2, -0.15) is 0 Å². The van der Waals surface area contributed by atoms with Gasteiger partial charge >= 0.3 is 0 Å². The Morgan fingerprint density at radius 2 is 1.80 bits per heavy atom. The summed E-state index contributed by atoms with van der Waals surface area (Å²) in [7, 11) is 0. The molecule has 20 heavy (non-hydrogen) atoms. The molecule has 3 aliphatic carbocycles. The second-order valence-corrected chi connectivity index (χ2v) is 7.57. The molecular weight excluding hydrogens is 242 g/mol. The molecule has 108 valence electrons. The zero-order valence-corrected chi connectivity index (χ0v) is 12.6. The Labute approximate surface area is 123 Å². The molecule has 3 saturated carbocycles. The first kappa shape index (κ1) is 12.9. The lowest BCUT2D eigenvalue weighted by Crippen LogP contribution is -2.48. The van der Waals surface area contributed by atoms with Crippen molar-refractivity contribution in [3.05, 3.63) is 35.9 Å². The van der Waals surface area contributed by atoms with E-state index in [1.165, 1.54) is 44.1 Å². The second kappa shape index (κ2) is 5.18. The normalized spacial score (nSPS) is 40.5. The predicted octanol–water partition coefficient (Wildman–Crippen LogP) is 4.35. The van der Waals surface area contributed by atoms with Crippen molar-refractivity contribution in [3.63, 3.8) is 0 Å². The average molecular weight is 269 g/mol. The lowest BCUT2D eigenvalue weighted by Gasteiger charge is -2.40. The van der Waals surface area contributed by atoms with Gasteiger partial charge in [0.25, 0.3) is 0 Å². The van der Waals surface area contributed by atoms with Gasteiger partial charge in [0.15, 0.2) is 0 Å². The van der Waals surface area contributed by atoms with E-state index in [2.05, 4.69) is 42.6 Å². The van der Waals surface area contributed by atoms with Crippen molar-refractivity contribution in [1.82, 2.24) is 5.32 Å². The van der Waals surface area contributed by atoms with Gasteiger partial charge in [-0.25, -0.2) is 0 Å². The summed E-state index contributed by atoms with van der Waals surface area (Å²) in [5, 5.41) is 3.94. The lowest BCUT2D eigenvalue weighted by atomic mass is 9.74. The van der Waals surface area contributed by atoms with E-state index in [0.29, 0.717) is 0 Å². The van der Waals surface area contributed by atoms with E-state index in [-0.39, 0.29) is 0 Å². The smallest absolute Gasteiger partial charge is 0.00813 e. The minimum atomic E-state index is 0.743. The van der Waals surface area contributed by atoms with E-state index in [9.17, 15) is 0 Å². The van der Waals surface area contributed by atoms with Crippen LogP contribution in [0.3, 0.4) is 0 Å². The summed E-state index contributed by atoms with van der Waals surface area (Å²) in [6.45, 7) is 2.45. The second-order valence-electron chi connectivity index (χ2n) is 7.57. The van der Waals surface area contributed by atoms with Crippen molar-refractivity contribution in [2.75, 3.05) is 0 Å². The molecule has 4 atom stereocenters. The first-order chi connectivity index (χ1) is 9.79. The van der Waals surface area contributed by atoms with Gasteiger partial charge in [0, 0.05) is 12.1 Å². The largest absolute Gasteiger partial charge is 0.311 e. The molecule has 4 rings (SSSR count). The Morgan fingerprint density at radius 3 is 2.45 bits per heavy atom. The van der Waals surface area contributed by atoms with E-state index in [1.807, 2.05) is 0 Å². The summed E-state index contributed by atoms with van der Waals surface area (Å²) in [5.74, 6) is 3.91. The van der Waals surface area contributed by atoms with Crippen LogP contribution >= 0.6 is 0 Å². The molecule has 3 aliphatic rings. The zero-order chi connectivity index (χ0) is 13.5. The van der Waals surface area contributed by atoms with Crippen LogP contribution < -0.4 is 5.32 Å². The minimum absolute atomic E-state index is 0.743. The molecule has 2 bridgehead atoms. The first-order valence-electron chi connectivity index (χ1n) is 8.60. The van der Waals surface area contributed by atoms with Crippen molar-refractivity contribution in [3.8, 4) is 0 Å². The summed E-state index contributed by atoms with van der Waals surface area (Å²) in [4.78, 5) is 0. The molecular formula is C19H27N. The van der Waals surface area contributed by atoms with E-state index in [1.54, 1.807) is 0 Å². The fraction of sp³-hybridized carbons (Fsp3) is 0.684. The van der Waals surface area contributed by atoms with Crippen LogP contribution in [-0.2, 0) is 0 Å². The topological polar surface area (TPSA) is 12.0 Å².